The molecule has 0 radical (unpaired) electrons. The zero-order valence-electron chi connectivity index (χ0n) is 12.6. The number of hydrogen-bond acceptors (Lipinski definition) is 3. The first kappa shape index (κ1) is 15.1. The van der Waals surface area contributed by atoms with Gasteiger partial charge in [0.25, 0.3) is 0 Å². The van der Waals surface area contributed by atoms with Crippen LogP contribution < -0.4 is 10.9 Å². The zero-order valence-corrected chi connectivity index (χ0v) is 13.4. The van der Waals surface area contributed by atoms with Crippen molar-refractivity contribution >= 4 is 23.0 Å². The van der Waals surface area contributed by atoms with Crippen LogP contribution in [0.1, 0.15) is 5.56 Å². The molecule has 2 aromatic carbocycles. The Morgan fingerprint density at radius 3 is 2.39 bits per heavy atom. The lowest BCUT2D eigenvalue weighted by Gasteiger charge is -2.04. The van der Waals surface area contributed by atoms with Gasteiger partial charge in [-0.15, -0.1) is 0 Å². The lowest BCUT2D eigenvalue weighted by molar-refractivity contribution is 0.625. The molecule has 0 atom stereocenters. The number of benzene rings is 2. The van der Waals surface area contributed by atoms with Crippen molar-refractivity contribution in [2.45, 2.75) is 6.54 Å². The van der Waals surface area contributed by atoms with Crippen LogP contribution in [0.25, 0.3) is 0 Å². The van der Waals surface area contributed by atoms with Crippen LogP contribution in [0.5, 0.6) is 0 Å². The molecule has 0 fully saturated rings. The molecule has 0 bridgehead atoms. The van der Waals surface area contributed by atoms with Gasteiger partial charge in [0.2, 0.25) is 10.7 Å². The predicted molar refractivity (Wildman–Crippen MR) is 92.8 cm³/mol. The Morgan fingerprint density at radius 1 is 1.04 bits per heavy atom. The van der Waals surface area contributed by atoms with E-state index >= 15 is 0 Å². The fourth-order valence-corrected chi connectivity index (χ4v) is 2.31. The van der Waals surface area contributed by atoms with Crippen molar-refractivity contribution in [3.05, 3.63) is 71.8 Å². The minimum Gasteiger partial charge on any atom is -0.331 e. The van der Waals surface area contributed by atoms with E-state index in [9.17, 15) is 0 Å². The third-order valence-electron chi connectivity index (χ3n) is 3.20. The summed E-state index contributed by atoms with van der Waals surface area (Å²) in [5.74, 6) is 0. The second-order valence-electron chi connectivity index (χ2n) is 4.95. The average Bonchev–Trinajstić information content (AvgIpc) is 2.90. The molecule has 0 aliphatic rings. The molecule has 0 spiro atoms. The molecular formula is C16H16N6S. The third-order valence-corrected chi connectivity index (χ3v) is 3.40. The van der Waals surface area contributed by atoms with Gasteiger partial charge in [-0.05, 0) is 40.3 Å². The number of hydrogen-bond donors (Lipinski definition) is 1. The van der Waals surface area contributed by atoms with Gasteiger partial charge < -0.3 is 5.32 Å². The van der Waals surface area contributed by atoms with Gasteiger partial charge in [0.1, 0.15) is 0 Å². The number of aryl methyl sites for hydroxylation is 1. The van der Waals surface area contributed by atoms with Crippen LogP contribution in [0.4, 0.5) is 5.69 Å². The third kappa shape index (κ3) is 3.89. The first-order valence-corrected chi connectivity index (χ1v) is 7.55. The van der Waals surface area contributed by atoms with Gasteiger partial charge in [0.05, 0.1) is 6.54 Å². The number of thiocarbonyl (C=S) groups is 1. The van der Waals surface area contributed by atoms with Gasteiger partial charge in [0, 0.05) is 12.7 Å². The SMILES string of the molecule is Cn1nnn(Cc2ccccc2)c1=NC(=S)Nc1ccccc1. The summed E-state index contributed by atoms with van der Waals surface area (Å²) in [5.41, 5.74) is 2.60. The van der Waals surface area contributed by atoms with Crippen molar-refractivity contribution < 1.29 is 0 Å². The molecule has 116 valence electrons. The Hall–Kier alpha value is -2.80. The van der Waals surface area contributed by atoms with Crippen molar-refractivity contribution in [1.82, 2.24) is 19.8 Å². The largest absolute Gasteiger partial charge is 0.331 e. The van der Waals surface area contributed by atoms with Crippen LogP contribution in [-0.2, 0) is 13.6 Å². The summed E-state index contributed by atoms with van der Waals surface area (Å²) < 4.78 is 3.32. The summed E-state index contributed by atoms with van der Waals surface area (Å²) in [7, 11) is 1.79. The van der Waals surface area contributed by atoms with Crippen molar-refractivity contribution in [1.29, 1.82) is 0 Å². The first-order chi connectivity index (χ1) is 11.2. The van der Waals surface area contributed by atoms with E-state index in [1.807, 2.05) is 60.7 Å². The van der Waals surface area contributed by atoms with Gasteiger partial charge in [-0.25, -0.2) is 9.36 Å². The maximum Gasteiger partial charge on any atom is 0.248 e. The number of tetrazole rings is 1. The van der Waals surface area contributed by atoms with Crippen LogP contribution in [0.2, 0.25) is 0 Å². The van der Waals surface area contributed by atoms with Crippen LogP contribution in [0.3, 0.4) is 0 Å². The lowest BCUT2D eigenvalue weighted by Crippen LogP contribution is -2.28. The summed E-state index contributed by atoms with van der Waals surface area (Å²) in [6, 6.07) is 19.7. The molecule has 0 aliphatic carbocycles. The van der Waals surface area contributed by atoms with Crippen LogP contribution in [0.15, 0.2) is 65.7 Å². The Morgan fingerprint density at radius 2 is 1.70 bits per heavy atom. The standard InChI is InChI=1S/C16H16N6S/c1-21-16(18-15(23)17-14-10-6-3-7-11-14)22(20-19-21)12-13-8-4-2-5-9-13/h2-11H,12H2,1H3,(H,17,23). The van der Waals surface area contributed by atoms with Crippen molar-refractivity contribution in [3.8, 4) is 0 Å². The molecule has 7 heteroatoms. The molecule has 1 heterocycles. The fraction of sp³-hybridized carbons (Fsp3) is 0.125. The number of para-hydroxylation sites is 1. The number of rotatable bonds is 3. The smallest absolute Gasteiger partial charge is 0.248 e. The molecule has 0 amide bonds. The molecule has 23 heavy (non-hydrogen) atoms. The summed E-state index contributed by atoms with van der Waals surface area (Å²) in [4.78, 5) is 4.43. The van der Waals surface area contributed by atoms with Crippen molar-refractivity contribution in [2.24, 2.45) is 12.0 Å². The molecule has 0 saturated carbocycles. The maximum atomic E-state index is 5.31. The topological polar surface area (TPSA) is 60.0 Å². The van der Waals surface area contributed by atoms with Crippen LogP contribution in [-0.4, -0.2) is 24.9 Å². The minimum atomic E-state index is 0.364. The van der Waals surface area contributed by atoms with Crippen LogP contribution >= 0.6 is 12.2 Å². The highest BCUT2D eigenvalue weighted by molar-refractivity contribution is 7.80. The van der Waals surface area contributed by atoms with E-state index in [1.54, 1.807) is 16.4 Å². The Labute approximate surface area is 139 Å². The summed E-state index contributed by atoms with van der Waals surface area (Å²) in [5, 5.41) is 11.6. The maximum absolute atomic E-state index is 5.31. The molecule has 3 aromatic rings. The highest BCUT2D eigenvalue weighted by Crippen LogP contribution is 2.05. The molecule has 6 nitrogen and oxygen atoms in total. The molecule has 3 rings (SSSR count). The Kier molecular flexibility index (Phi) is 4.58. The average molecular weight is 324 g/mol. The number of nitrogens with one attached hydrogen (secondary N) is 1. The van der Waals surface area contributed by atoms with E-state index in [-0.39, 0.29) is 0 Å². The highest BCUT2D eigenvalue weighted by atomic mass is 32.1. The van der Waals surface area contributed by atoms with Gasteiger partial charge in [-0.2, -0.15) is 4.99 Å². The summed E-state index contributed by atoms with van der Waals surface area (Å²) in [6.07, 6.45) is 0. The normalized spacial score (nSPS) is 11.4. The lowest BCUT2D eigenvalue weighted by atomic mass is 10.2. The minimum absolute atomic E-state index is 0.364. The Bertz CT molecular complexity index is 851. The van der Waals surface area contributed by atoms with Crippen molar-refractivity contribution in [2.75, 3.05) is 5.32 Å². The number of anilines is 1. The summed E-state index contributed by atoms with van der Waals surface area (Å²) >= 11 is 5.31. The van der Waals surface area contributed by atoms with E-state index in [4.69, 9.17) is 12.2 Å². The highest BCUT2D eigenvalue weighted by Gasteiger charge is 2.04. The molecular weight excluding hydrogens is 308 g/mol. The number of aromatic nitrogens is 4. The van der Waals surface area contributed by atoms with E-state index < -0.39 is 0 Å². The van der Waals surface area contributed by atoms with E-state index in [1.165, 1.54) is 0 Å². The monoisotopic (exact) mass is 324 g/mol. The molecule has 1 N–H and O–H groups in total. The second kappa shape index (κ2) is 6.97. The predicted octanol–water partition coefficient (Wildman–Crippen LogP) is 1.96. The molecule has 0 aliphatic heterocycles. The van der Waals surface area contributed by atoms with Gasteiger partial charge in [-0.1, -0.05) is 48.5 Å². The van der Waals surface area contributed by atoms with Crippen LogP contribution in [0, 0.1) is 0 Å². The summed E-state index contributed by atoms with van der Waals surface area (Å²) in [6.45, 7) is 0.585. The van der Waals surface area contributed by atoms with Gasteiger partial charge >= 0.3 is 0 Å². The first-order valence-electron chi connectivity index (χ1n) is 7.14. The fourth-order valence-electron chi connectivity index (χ4n) is 2.11. The van der Waals surface area contributed by atoms with Gasteiger partial charge in [-0.3, -0.25) is 0 Å². The van der Waals surface area contributed by atoms with E-state index in [0.29, 0.717) is 17.3 Å². The molecule has 1 aromatic heterocycles. The Balaban J connectivity index is 1.84. The van der Waals surface area contributed by atoms with Crippen molar-refractivity contribution in [3.63, 3.8) is 0 Å². The van der Waals surface area contributed by atoms with Gasteiger partial charge in [0.15, 0.2) is 0 Å². The molecule has 0 unspecified atom stereocenters. The number of nitrogens with zero attached hydrogens (tertiary/aromatic N) is 5. The quantitative estimate of drug-likeness (QED) is 0.748. The van der Waals surface area contributed by atoms with E-state index in [0.717, 1.165) is 11.3 Å². The van der Waals surface area contributed by atoms with E-state index in [2.05, 4.69) is 20.7 Å². The second-order valence-corrected chi connectivity index (χ2v) is 5.34. The molecule has 0 saturated heterocycles. The zero-order chi connectivity index (χ0) is 16.1.